The zero-order valence-electron chi connectivity index (χ0n) is 12.0. The van der Waals surface area contributed by atoms with Gasteiger partial charge in [0.1, 0.15) is 0 Å². The van der Waals surface area contributed by atoms with E-state index in [1.54, 1.807) is 0 Å². The second-order valence-corrected chi connectivity index (χ2v) is 5.51. The van der Waals surface area contributed by atoms with Crippen LogP contribution in [0.25, 0.3) is 0 Å². The highest BCUT2D eigenvalue weighted by molar-refractivity contribution is 5.10. The maximum atomic E-state index is 5.45. The summed E-state index contributed by atoms with van der Waals surface area (Å²) in [6.07, 6.45) is 9.82. The number of aromatic nitrogens is 1. The van der Waals surface area contributed by atoms with Gasteiger partial charge in [0.2, 0.25) is 0 Å². The molecule has 0 amide bonds. The van der Waals surface area contributed by atoms with Crippen molar-refractivity contribution in [3.8, 4) is 0 Å². The largest absolute Gasteiger partial charge is 0.381 e. The Morgan fingerprint density at radius 3 is 2.95 bits per heavy atom. The molecule has 0 bridgehead atoms. The smallest absolute Gasteiger partial charge is 0.0468 e. The van der Waals surface area contributed by atoms with E-state index < -0.39 is 0 Å². The van der Waals surface area contributed by atoms with E-state index in [-0.39, 0.29) is 0 Å². The number of ether oxygens (including phenoxy) is 1. The zero-order valence-corrected chi connectivity index (χ0v) is 12.0. The van der Waals surface area contributed by atoms with Crippen LogP contribution in [0, 0.1) is 5.92 Å². The second kappa shape index (κ2) is 8.28. The summed E-state index contributed by atoms with van der Waals surface area (Å²) in [5.41, 5.74) is 1.34. The van der Waals surface area contributed by atoms with Crippen LogP contribution in [0.4, 0.5) is 0 Å². The number of hydrogen-bond acceptors (Lipinski definition) is 3. The van der Waals surface area contributed by atoms with Gasteiger partial charge in [-0.15, -0.1) is 0 Å². The Morgan fingerprint density at radius 1 is 1.42 bits per heavy atom. The Kier molecular flexibility index (Phi) is 6.31. The molecule has 2 heterocycles. The Hall–Kier alpha value is -0.930. The van der Waals surface area contributed by atoms with E-state index in [0.29, 0.717) is 6.04 Å². The fraction of sp³-hybridized carbons (Fsp3) is 0.688. The van der Waals surface area contributed by atoms with Gasteiger partial charge in [-0.1, -0.05) is 13.0 Å². The van der Waals surface area contributed by atoms with Crippen molar-refractivity contribution in [2.45, 2.75) is 45.1 Å². The lowest BCUT2D eigenvalue weighted by molar-refractivity contribution is 0.0605. The van der Waals surface area contributed by atoms with Gasteiger partial charge in [-0.05, 0) is 56.2 Å². The van der Waals surface area contributed by atoms with Crippen LogP contribution in [-0.4, -0.2) is 30.8 Å². The molecule has 1 aromatic heterocycles. The van der Waals surface area contributed by atoms with Crippen molar-refractivity contribution >= 4 is 0 Å². The zero-order chi connectivity index (χ0) is 13.3. The van der Waals surface area contributed by atoms with E-state index in [1.165, 1.54) is 31.2 Å². The van der Waals surface area contributed by atoms with Gasteiger partial charge in [-0.2, -0.15) is 0 Å². The van der Waals surface area contributed by atoms with Crippen molar-refractivity contribution in [1.29, 1.82) is 0 Å². The molecule has 1 atom stereocenters. The summed E-state index contributed by atoms with van der Waals surface area (Å²) < 4.78 is 5.45. The van der Waals surface area contributed by atoms with Crippen LogP contribution in [0.1, 0.15) is 38.2 Å². The normalized spacial score (nSPS) is 18.4. The first-order valence-electron chi connectivity index (χ1n) is 7.58. The number of rotatable bonds is 7. The molecule has 3 heteroatoms. The van der Waals surface area contributed by atoms with Crippen molar-refractivity contribution in [2.24, 2.45) is 5.92 Å². The van der Waals surface area contributed by atoms with Gasteiger partial charge < -0.3 is 10.1 Å². The molecule has 3 nitrogen and oxygen atoms in total. The Morgan fingerprint density at radius 2 is 2.26 bits per heavy atom. The highest BCUT2D eigenvalue weighted by Gasteiger charge is 2.19. The molecule has 19 heavy (non-hydrogen) atoms. The quantitative estimate of drug-likeness (QED) is 0.820. The van der Waals surface area contributed by atoms with E-state index in [4.69, 9.17) is 4.74 Å². The van der Waals surface area contributed by atoms with E-state index in [0.717, 1.165) is 32.1 Å². The van der Waals surface area contributed by atoms with Gasteiger partial charge >= 0.3 is 0 Å². The number of nitrogens with one attached hydrogen (secondary N) is 1. The summed E-state index contributed by atoms with van der Waals surface area (Å²) >= 11 is 0. The summed E-state index contributed by atoms with van der Waals surface area (Å²) in [7, 11) is 0. The molecule has 106 valence electrons. The van der Waals surface area contributed by atoms with Crippen molar-refractivity contribution in [3.05, 3.63) is 30.1 Å². The van der Waals surface area contributed by atoms with Gasteiger partial charge in [0.25, 0.3) is 0 Å². The van der Waals surface area contributed by atoms with Crippen LogP contribution >= 0.6 is 0 Å². The molecule has 0 radical (unpaired) electrons. The van der Waals surface area contributed by atoms with Crippen LogP contribution in [0.2, 0.25) is 0 Å². The monoisotopic (exact) mass is 262 g/mol. The lowest BCUT2D eigenvalue weighted by Gasteiger charge is -2.27. The van der Waals surface area contributed by atoms with Crippen LogP contribution in [0.5, 0.6) is 0 Å². The molecule has 1 aromatic rings. The highest BCUT2D eigenvalue weighted by Crippen LogP contribution is 2.21. The topological polar surface area (TPSA) is 34.2 Å². The third kappa shape index (κ3) is 5.29. The molecular weight excluding hydrogens is 236 g/mol. The second-order valence-electron chi connectivity index (χ2n) is 5.51. The first kappa shape index (κ1) is 14.5. The molecule has 1 saturated heterocycles. The minimum Gasteiger partial charge on any atom is -0.381 e. The lowest BCUT2D eigenvalue weighted by atomic mass is 9.90. The average Bonchev–Trinajstić information content (AvgIpc) is 2.47. The molecule has 1 aliphatic heterocycles. The number of pyridine rings is 1. The predicted octanol–water partition coefficient (Wildman–Crippen LogP) is 2.81. The lowest BCUT2D eigenvalue weighted by Crippen LogP contribution is -2.35. The van der Waals surface area contributed by atoms with Crippen LogP contribution in [0.15, 0.2) is 24.5 Å². The van der Waals surface area contributed by atoms with E-state index >= 15 is 0 Å². The van der Waals surface area contributed by atoms with Crippen molar-refractivity contribution in [2.75, 3.05) is 19.8 Å². The summed E-state index contributed by atoms with van der Waals surface area (Å²) in [5.74, 6) is 0.819. The van der Waals surface area contributed by atoms with Gasteiger partial charge in [-0.3, -0.25) is 4.98 Å². The van der Waals surface area contributed by atoms with E-state index in [1.807, 2.05) is 18.5 Å². The average molecular weight is 262 g/mol. The molecule has 0 spiro atoms. The maximum absolute atomic E-state index is 5.45. The fourth-order valence-corrected chi connectivity index (χ4v) is 2.78. The predicted molar refractivity (Wildman–Crippen MR) is 78.2 cm³/mol. The molecule has 0 saturated carbocycles. The van der Waals surface area contributed by atoms with Crippen LogP contribution in [-0.2, 0) is 11.2 Å². The first-order valence-corrected chi connectivity index (χ1v) is 7.58. The van der Waals surface area contributed by atoms with Gasteiger partial charge in [0.05, 0.1) is 0 Å². The van der Waals surface area contributed by atoms with Crippen LogP contribution < -0.4 is 5.32 Å². The Balaban J connectivity index is 1.87. The third-order valence-electron chi connectivity index (χ3n) is 3.85. The molecule has 1 N–H and O–H groups in total. The summed E-state index contributed by atoms with van der Waals surface area (Å²) in [6, 6.07) is 4.78. The minimum absolute atomic E-state index is 0.576. The molecule has 0 aromatic carbocycles. The molecule has 1 unspecified atom stereocenters. The molecule has 0 aliphatic carbocycles. The van der Waals surface area contributed by atoms with Gasteiger partial charge in [-0.25, -0.2) is 0 Å². The third-order valence-corrected chi connectivity index (χ3v) is 3.85. The maximum Gasteiger partial charge on any atom is 0.0468 e. The van der Waals surface area contributed by atoms with Crippen molar-refractivity contribution < 1.29 is 4.74 Å². The van der Waals surface area contributed by atoms with Gasteiger partial charge in [0.15, 0.2) is 0 Å². The molecule has 1 aliphatic rings. The SMILES string of the molecule is CCCNC(Cc1cccnc1)CC1CCOCC1. The summed E-state index contributed by atoms with van der Waals surface area (Å²) in [5, 5.41) is 3.70. The first-order chi connectivity index (χ1) is 9.38. The fourth-order valence-electron chi connectivity index (χ4n) is 2.78. The molecule has 2 rings (SSSR count). The Labute approximate surface area is 116 Å². The van der Waals surface area contributed by atoms with E-state index in [2.05, 4.69) is 23.3 Å². The Bertz CT molecular complexity index is 336. The summed E-state index contributed by atoms with van der Waals surface area (Å²) in [4.78, 5) is 4.22. The number of hydrogen-bond donors (Lipinski definition) is 1. The number of nitrogens with zero attached hydrogens (tertiary/aromatic N) is 1. The molecule has 1 fully saturated rings. The van der Waals surface area contributed by atoms with Crippen molar-refractivity contribution in [1.82, 2.24) is 10.3 Å². The van der Waals surface area contributed by atoms with Gasteiger partial charge in [0, 0.05) is 31.6 Å². The van der Waals surface area contributed by atoms with Crippen LogP contribution in [0.3, 0.4) is 0 Å². The molecular formula is C16H26N2O. The standard InChI is InChI=1S/C16H26N2O/c1-2-7-18-16(11-14-5-9-19-10-6-14)12-15-4-3-8-17-13-15/h3-4,8,13-14,16,18H,2,5-7,9-12H2,1H3. The van der Waals surface area contributed by atoms with E-state index in [9.17, 15) is 0 Å². The highest BCUT2D eigenvalue weighted by atomic mass is 16.5. The van der Waals surface area contributed by atoms with Crippen molar-refractivity contribution in [3.63, 3.8) is 0 Å². The minimum atomic E-state index is 0.576. The summed E-state index contributed by atoms with van der Waals surface area (Å²) in [6.45, 7) is 5.22.